The Morgan fingerprint density at radius 1 is 0.981 bits per heavy atom. The van der Waals surface area contributed by atoms with Crippen molar-refractivity contribution in [3.8, 4) is 11.6 Å². The van der Waals surface area contributed by atoms with Crippen molar-refractivity contribution in [1.82, 2.24) is 30.4 Å². The zero-order valence-electron chi connectivity index (χ0n) is 31.2. The molecule has 13 heteroatoms. The molecule has 3 aromatic rings. The van der Waals surface area contributed by atoms with Gasteiger partial charge in [0, 0.05) is 26.1 Å². The summed E-state index contributed by atoms with van der Waals surface area (Å²) in [6.07, 6.45) is 3.57. The highest BCUT2D eigenvalue weighted by Crippen LogP contribution is 2.34. The number of aryl methyl sites for hydroxylation is 1. The Kier molecular flexibility index (Phi) is 11.5. The molecule has 0 saturated carbocycles. The molecule has 0 unspecified atom stereocenters. The number of hydrogen-bond acceptors (Lipinski definition) is 8. The molecule has 52 heavy (non-hydrogen) atoms. The second-order valence-electron chi connectivity index (χ2n) is 15.6. The first-order chi connectivity index (χ1) is 24.4. The number of likely N-dealkylation sites (N-methyl/N-ethyl adjacent to an activating group) is 1. The minimum Gasteiger partial charge on any atom is -0.444 e. The van der Waals surface area contributed by atoms with Crippen LogP contribution in [0.1, 0.15) is 89.6 Å². The maximum atomic E-state index is 14.8. The second kappa shape index (κ2) is 15.5. The first kappa shape index (κ1) is 38.5. The van der Waals surface area contributed by atoms with Crippen LogP contribution in [-0.2, 0) is 38.5 Å². The van der Waals surface area contributed by atoms with Gasteiger partial charge in [-0.25, -0.2) is 14.8 Å². The zero-order chi connectivity index (χ0) is 38.0. The molecular weight excluding hydrogens is 684 g/mol. The van der Waals surface area contributed by atoms with Crippen molar-refractivity contribution >= 4 is 35.4 Å². The van der Waals surface area contributed by atoms with E-state index in [2.05, 4.69) is 26.7 Å². The van der Waals surface area contributed by atoms with E-state index in [0.29, 0.717) is 5.75 Å². The van der Waals surface area contributed by atoms with Gasteiger partial charge in [0.05, 0.1) is 6.04 Å². The van der Waals surface area contributed by atoms with Gasteiger partial charge in [0.1, 0.15) is 41.0 Å². The molecule has 4 atom stereocenters. The lowest BCUT2D eigenvalue weighted by Gasteiger charge is -2.42. The number of benzene rings is 2. The van der Waals surface area contributed by atoms with Crippen LogP contribution in [0.5, 0.6) is 11.6 Å². The minimum absolute atomic E-state index is 0.0883. The van der Waals surface area contributed by atoms with Gasteiger partial charge in [-0.1, -0.05) is 62.7 Å². The molecule has 2 aliphatic rings. The van der Waals surface area contributed by atoms with Crippen molar-refractivity contribution in [3.05, 3.63) is 82.3 Å². The van der Waals surface area contributed by atoms with E-state index in [1.165, 1.54) is 29.9 Å². The van der Waals surface area contributed by atoms with Crippen molar-refractivity contribution in [2.45, 2.75) is 110 Å². The van der Waals surface area contributed by atoms with Gasteiger partial charge in [0.25, 0.3) is 0 Å². The van der Waals surface area contributed by atoms with Crippen molar-refractivity contribution < 1.29 is 28.7 Å². The molecule has 0 radical (unpaired) electrons. The molecule has 2 N–H and O–H groups in total. The highest BCUT2D eigenvalue weighted by molar-refractivity contribution is 6.29. The van der Waals surface area contributed by atoms with Crippen molar-refractivity contribution in [1.29, 1.82) is 0 Å². The van der Waals surface area contributed by atoms with Crippen LogP contribution in [0.25, 0.3) is 0 Å². The number of aromatic nitrogens is 2. The Hall–Kier alpha value is -4.71. The number of carbonyl (C=O) groups is 4. The lowest BCUT2D eigenvalue weighted by atomic mass is 9.83. The summed E-state index contributed by atoms with van der Waals surface area (Å²) < 4.78 is 11.4. The Labute approximate surface area is 310 Å². The Bertz CT molecular complexity index is 1820. The number of ether oxygens (including phenoxy) is 2. The molecule has 0 saturated heterocycles. The molecule has 2 heterocycles. The van der Waals surface area contributed by atoms with Crippen LogP contribution in [0.4, 0.5) is 4.79 Å². The summed E-state index contributed by atoms with van der Waals surface area (Å²) in [6, 6.07) is 12.1. The maximum absolute atomic E-state index is 14.8. The Morgan fingerprint density at radius 2 is 1.71 bits per heavy atom. The first-order valence-corrected chi connectivity index (χ1v) is 18.0. The number of fused-ring (bicyclic) bond motifs is 2. The van der Waals surface area contributed by atoms with Gasteiger partial charge in [-0.15, -0.1) is 0 Å². The van der Waals surface area contributed by atoms with Gasteiger partial charge in [0.15, 0.2) is 0 Å². The van der Waals surface area contributed by atoms with Gasteiger partial charge in [-0.3, -0.25) is 19.3 Å². The van der Waals surface area contributed by atoms with Crippen LogP contribution in [0.3, 0.4) is 0 Å². The van der Waals surface area contributed by atoms with Crippen LogP contribution >= 0.6 is 11.6 Å². The van der Waals surface area contributed by atoms with E-state index in [-0.39, 0.29) is 35.9 Å². The van der Waals surface area contributed by atoms with Crippen molar-refractivity contribution in [2.24, 2.45) is 5.41 Å². The molecule has 278 valence electrons. The fourth-order valence-corrected chi connectivity index (χ4v) is 6.64. The van der Waals surface area contributed by atoms with Gasteiger partial charge >= 0.3 is 6.09 Å². The van der Waals surface area contributed by atoms with Gasteiger partial charge in [-0.05, 0) is 86.8 Å². The summed E-state index contributed by atoms with van der Waals surface area (Å²) in [4.78, 5) is 66.3. The molecule has 12 nitrogen and oxygen atoms in total. The van der Waals surface area contributed by atoms with E-state index in [0.717, 1.165) is 36.0 Å². The molecule has 5 rings (SSSR count). The van der Waals surface area contributed by atoms with E-state index >= 15 is 0 Å². The first-order valence-electron chi connectivity index (χ1n) is 17.6. The molecule has 1 aliphatic carbocycles. The topological polar surface area (TPSA) is 143 Å². The van der Waals surface area contributed by atoms with Crippen LogP contribution < -0.4 is 15.4 Å². The van der Waals surface area contributed by atoms with Crippen molar-refractivity contribution in [3.63, 3.8) is 0 Å². The standard InChI is InChI=1S/C39H49ClN6O6/c1-23(45(8)37(50)52-39(5,6)7)34(47)44-33(38(2,3)4)36(49)46-21-26-18-27(51-32-20-31(40)41-22-42-32)17-16-25(26)19-30(46)35(48)43-29-15-11-13-24-12-9-10-14-28(24)29/h9-10,12,14,16-18,20,22-23,29-30,33H,11,13,15,19,21H2,1-8H3,(H,43,48)(H,44,47)/t23-,29-,30-,33+/m0/s1. The average molecular weight is 733 g/mol. The van der Waals surface area contributed by atoms with Crippen LogP contribution in [0.2, 0.25) is 5.15 Å². The highest BCUT2D eigenvalue weighted by atomic mass is 35.5. The summed E-state index contributed by atoms with van der Waals surface area (Å²) in [5.41, 5.74) is 2.46. The third-order valence-electron chi connectivity index (χ3n) is 9.45. The fourth-order valence-electron chi connectivity index (χ4n) is 6.50. The summed E-state index contributed by atoms with van der Waals surface area (Å²) in [6.45, 7) is 12.4. The van der Waals surface area contributed by atoms with Gasteiger partial charge < -0.3 is 25.0 Å². The summed E-state index contributed by atoms with van der Waals surface area (Å²) >= 11 is 6.04. The summed E-state index contributed by atoms with van der Waals surface area (Å²) in [5, 5.41) is 6.41. The van der Waals surface area contributed by atoms with Crippen LogP contribution in [0.15, 0.2) is 54.9 Å². The third kappa shape index (κ3) is 9.20. The largest absolute Gasteiger partial charge is 0.444 e. The molecule has 1 aliphatic heterocycles. The second-order valence-corrected chi connectivity index (χ2v) is 16.0. The molecule has 4 amide bonds. The average Bonchev–Trinajstić information content (AvgIpc) is 3.07. The minimum atomic E-state index is -1.04. The molecule has 1 aromatic heterocycles. The van der Waals surface area contributed by atoms with Gasteiger partial charge in [-0.2, -0.15) is 0 Å². The highest BCUT2D eigenvalue weighted by Gasteiger charge is 2.43. The molecule has 2 aromatic carbocycles. The quantitative estimate of drug-likeness (QED) is 0.263. The van der Waals surface area contributed by atoms with E-state index in [4.69, 9.17) is 21.1 Å². The lowest BCUT2D eigenvalue weighted by Crippen LogP contribution is -2.62. The number of amides is 4. The Balaban J connectivity index is 1.44. The van der Waals surface area contributed by atoms with Crippen LogP contribution in [0, 0.1) is 5.41 Å². The predicted molar refractivity (Wildman–Crippen MR) is 197 cm³/mol. The van der Waals surface area contributed by atoms with E-state index in [1.807, 2.05) is 51.1 Å². The lowest BCUT2D eigenvalue weighted by molar-refractivity contribution is -0.147. The number of hydrogen-bond donors (Lipinski definition) is 2. The maximum Gasteiger partial charge on any atom is 0.410 e. The summed E-state index contributed by atoms with van der Waals surface area (Å²) in [7, 11) is 1.48. The molecule has 0 fully saturated rings. The van der Waals surface area contributed by atoms with E-state index in [9.17, 15) is 19.2 Å². The number of nitrogens with one attached hydrogen (secondary N) is 2. The number of nitrogens with zero attached hydrogens (tertiary/aromatic N) is 4. The molecule has 0 spiro atoms. The smallest absolute Gasteiger partial charge is 0.410 e. The van der Waals surface area contributed by atoms with E-state index < -0.39 is 47.0 Å². The molecule has 0 bridgehead atoms. The summed E-state index contributed by atoms with van der Waals surface area (Å²) in [5.74, 6) is -0.486. The predicted octanol–water partition coefficient (Wildman–Crippen LogP) is 6.16. The van der Waals surface area contributed by atoms with Crippen LogP contribution in [-0.4, -0.2) is 74.4 Å². The number of halogens is 1. The number of rotatable bonds is 8. The van der Waals surface area contributed by atoms with Crippen molar-refractivity contribution in [2.75, 3.05) is 7.05 Å². The van der Waals surface area contributed by atoms with Gasteiger partial charge in [0.2, 0.25) is 23.6 Å². The fraction of sp³-hybridized carbons (Fsp3) is 0.487. The Morgan fingerprint density at radius 3 is 2.40 bits per heavy atom. The monoisotopic (exact) mass is 732 g/mol. The third-order valence-corrected chi connectivity index (χ3v) is 9.66. The SMILES string of the molecule is C[C@@H](C(=O)N[C@H](C(=O)N1Cc2cc(Oc3cc(Cl)ncn3)ccc2C[C@H]1C(=O)N[C@H]1CCCc2ccccc21)C(C)(C)C)N(C)C(=O)OC(C)(C)C. The normalized spacial score (nSPS) is 18.2. The molecular formula is C39H49ClN6O6. The zero-order valence-corrected chi connectivity index (χ0v) is 31.9. The van der Waals surface area contributed by atoms with E-state index in [1.54, 1.807) is 38.7 Å². The number of carbonyl (C=O) groups excluding carboxylic acids is 4.